The van der Waals surface area contributed by atoms with Crippen molar-refractivity contribution in [3.05, 3.63) is 100 Å². The van der Waals surface area contributed by atoms with Gasteiger partial charge in [0, 0.05) is 22.7 Å². The van der Waals surface area contributed by atoms with Crippen molar-refractivity contribution < 1.29 is 9.59 Å². The number of hydrogen-bond acceptors (Lipinski definition) is 5. The molecule has 3 aromatic carbocycles. The second kappa shape index (κ2) is 10.9. The van der Waals surface area contributed by atoms with Gasteiger partial charge in [-0.15, -0.1) is 10.2 Å². The van der Waals surface area contributed by atoms with Crippen molar-refractivity contribution >= 4 is 31.5 Å². The molecule has 0 saturated carbocycles. The van der Waals surface area contributed by atoms with Gasteiger partial charge in [0.2, 0.25) is 5.91 Å². The van der Waals surface area contributed by atoms with Gasteiger partial charge in [-0.1, -0.05) is 54.1 Å². The van der Waals surface area contributed by atoms with Gasteiger partial charge < -0.3 is 10.1 Å². The lowest BCUT2D eigenvalue weighted by molar-refractivity contribution is -0.121. The predicted octanol–water partition coefficient (Wildman–Crippen LogP) is 5.59. The summed E-state index contributed by atoms with van der Waals surface area (Å²) >= 11 is 6.22. The van der Waals surface area contributed by atoms with Crippen molar-refractivity contribution in [3.8, 4) is 16.8 Å². The number of hydrogen-bond donors (Lipinski definition) is 2. The maximum Gasteiger partial charge on any atom is 0.222 e. The maximum absolute atomic E-state index is 12.7. The zero-order valence-electron chi connectivity index (χ0n) is 22.6. The molecule has 0 saturated heterocycles. The summed E-state index contributed by atoms with van der Waals surface area (Å²) in [5.41, 5.74) is 6.75. The Hall–Kier alpha value is -3.59. The van der Waals surface area contributed by atoms with Crippen LogP contribution in [0.3, 0.4) is 0 Å². The summed E-state index contributed by atoms with van der Waals surface area (Å²) in [5.74, 6) is 1.28. The van der Waals surface area contributed by atoms with Gasteiger partial charge in [0.15, 0.2) is 14.1 Å². The Labute approximate surface area is 234 Å². The highest BCUT2D eigenvalue weighted by Gasteiger charge is 2.30. The van der Waals surface area contributed by atoms with E-state index in [0.717, 1.165) is 45.0 Å². The molecule has 0 spiro atoms. The quantitative estimate of drug-likeness (QED) is 0.290. The first-order chi connectivity index (χ1) is 18.6. The molecule has 0 aliphatic carbocycles. The fraction of sp³-hybridized carbons (Fsp3) is 0.267. The molecule has 4 aromatic rings. The first-order valence-corrected chi connectivity index (χ1v) is 16.6. The summed E-state index contributed by atoms with van der Waals surface area (Å²) in [6, 6.07) is 22.5. The molecule has 200 valence electrons. The Morgan fingerprint density at radius 3 is 2.33 bits per heavy atom. The van der Waals surface area contributed by atoms with Crippen molar-refractivity contribution in [2.24, 2.45) is 4.99 Å². The number of nitrogens with zero attached hydrogens (tertiary/aromatic N) is 4. The molecule has 0 radical (unpaired) electrons. The molecule has 1 amide bonds. The highest BCUT2D eigenvalue weighted by molar-refractivity contribution is 6.69. The average molecular weight is 558 g/mol. The van der Waals surface area contributed by atoms with Crippen molar-refractivity contribution in [2.45, 2.75) is 45.4 Å². The molecular weight excluding hydrogens is 526 g/mol. The van der Waals surface area contributed by atoms with Crippen LogP contribution in [0.1, 0.15) is 47.7 Å². The minimum Gasteiger partial charge on any atom is -0.432 e. The van der Waals surface area contributed by atoms with Crippen LogP contribution in [0.4, 0.5) is 0 Å². The minimum atomic E-state index is -2.19. The molecule has 0 bridgehead atoms. The summed E-state index contributed by atoms with van der Waals surface area (Å²) < 4.78 is 2.01. The smallest absolute Gasteiger partial charge is 0.222 e. The molecule has 0 fully saturated rings. The number of fused-ring (bicyclic) bond motifs is 3. The van der Waals surface area contributed by atoms with Gasteiger partial charge in [0.05, 0.1) is 17.8 Å². The van der Waals surface area contributed by atoms with Gasteiger partial charge in [-0.25, -0.2) is 0 Å². The van der Waals surface area contributed by atoms with Crippen LogP contribution in [0.5, 0.6) is 0 Å². The molecule has 1 aliphatic rings. The summed E-state index contributed by atoms with van der Waals surface area (Å²) in [6.07, 6.45) is 0.163. The molecule has 1 unspecified atom stereocenters. The first kappa shape index (κ1) is 27.0. The summed E-state index contributed by atoms with van der Waals surface area (Å²) in [4.78, 5) is 28.2. The molecule has 39 heavy (non-hydrogen) atoms. The second-order valence-corrected chi connectivity index (χ2v) is 14.9. The summed E-state index contributed by atoms with van der Waals surface area (Å²) in [6.45, 7) is 8.26. The molecule has 5 rings (SSSR count). The lowest BCUT2D eigenvalue weighted by Gasteiger charge is -2.16. The van der Waals surface area contributed by atoms with Gasteiger partial charge in [-0.2, -0.15) is 0 Å². The van der Waals surface area contributed by atoms with Gasteiger partial charge in [-0.3, -0.25) is 14.4 Å². The number of aliphatic imine (C=N–C) groups is 1. The van der Waals surface area contributed by atoms with Crippen molar-refractivity contribution in [1.29, 1.82) is 0 Å². The molecule has 7 nitrogen and oxygen atoms in total. The number of aromatic nitrogens is 3. The van der Waals surface area contributed by atoms with Gasteiger partial charge in [0.25, 0.3) is 0 Å². The number of halogens is 1. The summed E-state index contributed by atoms with van der Waals surface area (Å²) in [5, 5.41) is 12.3. The third kappa shape index (κ3) is 5.88. The molecule has 2 heterocycles. The standard InChI is InChI=1S/C30H32ClN5O2Si/c1-5-32-28(37)17-26-30-35-34-19(2)36(30)27-15-12-23(21-8-6-20(7-9-21)18-39(3,4)38)16-25(27)29(33-26)22-10-13-24(31)14-11-22/h6-16,26,38H,5,17-18H2,1-4H3,(H,32,37). The van der Waals surface area contributed by atoms with Gasteiger partial charge in [0.1, 0.15) is 11.9 Å². The molecule has 9 heteroatoms. The molecule has 1 aliphatic heterocycles. The third-order valence-corrected chi connectivity index (χ3v) is 8.25. The Kier molecular flexibility index (Phi) is 7.53. The van der Waals surface area contributed by atoms with Gasteiger partial charge in [-0.05, 0) is 73.9 Å². The monoisotopic (exact) mass is 557 g/mol. The zero-order valence-corrected chi connectivity index (χ0v) is 24.3. The SMILES string of the molecule is CCNC(=O)CC1N=C(c2ccc(Cl)cc2)c2cc(-c3ccc(C[Si](C)(C)O)cc3)ccc2-n2c(C)nnc21. The summed E-state index contributed by atoms with van der Waals surface area (Å²) in [7, 11) is -2.19. The van der Waals surface area contributed by atoms with E-state index in [1.165, 1.54) is 0 Å². The van der Waals surface area contributed by atoms with E-state index in [1.54, 1.807) is 0 Å². The fourth-order valence-electron chi connectivity index (χ4n) is 5.01. The number of amides is 1. The Morgan fingerprint density at radius 2 is 1.67 bits per heavy atom. The minimum absolute atomic E-state index is 0.0882. The van der Waals surface area contributed by atoms with Gasteiger partial charge >= 0.3 is 0 Å². The molecule has 1 aromatic heterocycles. The largest absolute Gasteiger partial charge is 0.432 e. The maximum atomic E-state index is 12.7. The predicted molar refractivity (Wildman–Crippen MR) is 158 cm³/mol. The van der Waals surface area contributed by atoms with Crippen molar-refractivity contribution in [1.82, 2.24) is 20.1 Å². The highest BCUT2D eigenvalue weighted by Crippen LogP contribution is 2.35. The topological polar surface area (TPSA) is 92.4 Å². The normalized spacial score (nSPS) is 14.7. The number of carbonyl (C=O) groups is 1. The van der Waals surface area contributed by atoms with Crippen LogP contribution in [-0.4, -0.2) is 46.0 Å². The zero-order chi connectivity index (χ0) is 27.7. The van der Waals surface area contributed by atoms with Crippen LogP contribution >= 0.6 is 11.6 Å². The molecular formula is C30H32ClN5O2Si. The number of rotatable bonds is 7. The van der Waals surface area contributed by atoms with Crippen molar-refractivity contribution in [2.75, 3.05) is 6.54 Å². The van der Waals surface area contributed by atoms with E-state index in [0.29, 0.717) is 23.4 Å². The fourth-order valence-corrected chi connectivity index (χ4v) is 6.37. The van der Waals surface area contributed by atoms with E-state index in [4.69, 9.17) is 16.6 Å². The van der Waals surface area contributed by atoms with Crippen LogP contribution in [-0.2, 0) is 10.8 Å². The van der Waals surface area contributed by atoms with E-state index < -0.39 is 14.4 Å². The van der Waals surface area contributed by atoms with E-state index in [9.17, 15) is 9.59 Å². The van der Waals surface area contributed by atoms with Crippen LogP contribution < -0.4 is 5.32 Å². The Balaban J connectivity index is 1.66. The van der Waals surface area contributed by atoms with E-state index >= 15 is 0 Å². The lowest BCUT2D eigenvalue weighted by Crippen LogP contribution is -2.28. The second-order valence-electron chi connectivity index (χ2n) is 10.5. The van der Waals surface area contributed by atoms with E-state index in [2.05, 4.69) is 58.0 Å². The lowest BCUT2D eigenvalue weighted by atomic mass is 9.95. The Morgan fingerprint density at radius 1 is 1.00 bits per heavy atom. The van der Waals surface area contributed by atoms with Crippen LogP contribution in [0.15, 0.2) is 71.7 Å². The number of benzene rings is 3. The van der Waals surface area contributed by atoms with Crippen LogP contribution in [0.2, 0.25) is 18.1 Å². The number of nitrogens with one attached hydrogen (secondary N) is 1. The van der Waals surface area contributed by atoms with E-state index in [-0.39, 0.29) is 12.3 Å². The first-order valence-electron chi connectivity index (χ1n) is 13.1. The number of carbonyl (C=O) groups excluding carboxylic acids is 1. The van der Waals surface area contributed by atoms with Crippen LogP contribution in [0, 0.1) is 6.92 Å². The average Bonchev–Trinajstić information content (AvgIpc) is 3.21. The number of aryl methyl sites for hydroxylation is 1. The third-order valence-electron chi connectivity index (χ3n) is 6.72. The molecule has 2 N–H and O–H groups in total. The molecule has 1 atom stereocenters. The highest BCUT2D eigenvalue weighted by atomic mass is 35.5. The van der Waals surface area contributed by atoms with Crippen molar-refractivity contribution in [3.63, 3.8) is 0 Å². The van der Waals surface area contributed by atoms with E-state index in [1.807, 2.05) is 55.8 Å². The van der Waals surface area contributed by atoms with Crippen LogP contribution in [0.25, 0.3) is 16.8 Å². The Bertz CT molecular complexity index is 1540.